The molecule has 0 radical (unpaired) electrons. The van der Waals surface area contributed by atoms with Crippen LogP contribution < -0.4 is 14.8 Å². The predicted molar refractivity (Wildman–Crippen MR) is 169 cm³/mol. The van der Waals surface area contributed by atoms with Crippen LogP contribution in [0.15, 0.2) is 109 Å². The van der Waals surface area contributed by atoms with Gasteiger partial charge in [0.15, 0.2) is 0 Å². The van der Waals surface area contributed by atoms with Gasteiger partial charge in [-0.15, -0.1) is 0 Å². The number of nitrogens with one attached hydrogen (secondary N) is 1. The number of halogens is 3. The van der Waals surface area contributed by atoms with Gasteiger partial charge in [0.05, 0.1) is 10.0 Å². The van der Waals surface area contributed by atoms with E-state index >= 15 is 0 Å². The van der Waals surface area contributed by atoms with E-state index in [2.05, 4.69) is 5.32 Å². The standard InChI is InChI=1S/C34H23Cl3N2O3/c35-30-8-4-2-6-24(30)21-41-27-13-11-26(12-14-27)39-34(40)25(19-38)18-29-28-7-3-1-5-23(28)10-16-33(29)42-20-22-9-15-31(36)32(37)17-22/h1-18H,20-21H2,(H,39,40)/b25-18+. The van der Waals surface area contributed by atoms with Gasteiger partial charge in [0.2, 0.25) is 0 Å². The highest BCUT2D eigenvalue weighted by atomic mass is 35.5. The maximum absolute atomic E-state index is 13.2. The van der Waals surface area contributed by atoms with E-state index in [1.54, 1.807) is 42.5 Å². The lowest BCUT2D eigenvalue weighted by atomic mass is 10.0. The number of anilines is 1. The molecule has 1 N–H and O–H groups in total. The number of nitrogens with zero attached hydrogens (tertiary/aromatic N) is 1. The fourth-order valence-corrected chi connectivity index (χ4v) is 4.75. The molecule has 0 aliphatic rings. The highest BCUT2D eigenvalue weighted by molar-refractivity contribution is 6.42. The fraction of sp³-hybridized carbons (Fsp3) is 0.0588. The summed E-state index contributed by atoms with van der Waals surface area (Å²) in [6.45, 7) is 0.530. The van der Waals surface area contributed by atoms with Crippen LogP contribution in [-0.4, -0.2) is 5.91 Å². The van der Waals surface area contributed by atoms with Gasteiger partial charge in [-0.25, -0.2) is 0 Å². The molecule has 5 aromatic carbocycles. The third-order valence-corrected chi connectivity index (χ3v) is 7.53. The number of fused-ring (bicyclic) bond motifs is 1. The van der Waals surface area contributed by atoms with Crippen LogP contribution in [0.25, 0.3) is 16.8 Å². The molecule has 42 heavy (non-hydrogen) atoms. The van der Waals surface area contributed by atoms with E-state index in [0.717, 1.165) is 21.9 Å². The number of hydrogen-bond acceptors (Lipinski definition) is 4. The smallest absolute Gasteiger partial charge is 0.266 e. The molecule has 0 heterocycles. The van der Waals surface area contributed by atoms with Crippen molar-refractivity contribution in [2.45, 2.75) is 13.2 Å². The molecule has 0 unspecified atom stereocenters. The zero-order chi connectivity index (χ0) is 29.5. The third kappa shape index (κ3) is 7.05. The summed E-state index contributed by atoms with van der Waals surface area (Å²) in [5.41, 5.74) is 2.74. The summed E-state index contributed by atoms with van der Waals surface area (Å²) in [5, 5.41) is 16.0. The largest absolute Gasteiger partial charge is 0.489 e. The second-order valence-electron chi connectivity index (χ2n) is 9.26. The van der Waals surface area contributed by atoms with Crippen LogP contribution in [0.5, 0.6) is 11.5 Å². The molecule has 0 fully saturated rings. The Labute approximate surface area is 258 Å². The average Bonchev–Trinajstić information content (AvgIpc) is 3.01. The van der Waals surface area contributed by atoms with E-state index in [4.69, 9.17) is 44.3 Å². The first-order chi connectivity index (χ1) is 20.4. The molecule has 1 amide bonds. The van der Waals surface area contributed by atoms with Gasteiger partial charge < -0.3 is 14.8 Å². The highest BCUT2D eigenvalue weighted by Crippen LogP contribution is 2.32. The number of nitriles is 1. The van der Waals surface area contributed by atoms with Crippen LogP contribution in [-0.2, 0) is 18.0 Å². The van der Waals surface area contributed by atoms with Gasteiger partial charge >= 0.3 is 0 Å². The fourth-order valence-electron chi connectivity index (χ4n) is 4.24. The van der Waals surface area contributed by atoms with E-state index in [1.165, 1.54) is 0 Å². The van der Waals surface area contributed by atoms with Crippen LogP contribution in [0, 0.1) is 11.3 Å². The number of amides is 1. The minimum Gasteiger partial charge on any atom is -0.489 e. The second-order valence-corrected chi connectivity index (χ2v) is 10.5. The van der Waals surface area contributed by atoms with Gasteiger partial charge in [-0.2, -0.15) is 5.26 Å². The van der Waals surface area contributed by atoms with Crippen molar-refractivity contribution in [1.82, 2.24) is 0 Å². The lowest BCUT2D eigenvalue weighted by Gasteiger charge is -2.13. The van der Waals surface area contributed by atoms with Gasteiger partial charge in [-0.1, -0.05) is 89.4 Å². The molecule has 0 bridgehead atoms. The van der Waals surface area contributed by atoms with E-state index in [1.807, 2.05) is 72.8 Å². The predicted octanol–water partition coefficient (Wildman–Crippen LogP) is 9.50. The Morgan fingerprint density at radius 2 is 1.55 bits per heavy atom. The molecule has 0 saturated carbocycles. The Bertz CT molecular complexity index is 1830. The topological polar surface area (TPSA) is 71.3 Å². The minimum absolute atomic E-state index is 0.0789. The first kappa shape index (κ1) is 29.0. The molecule has 5 aromatic rings. The summed E-state index contributed by atoms with van der Waals surface area (Å²) in [6.07, 6.45) is 1.54. The van der Waals surface area contributed by atoms with E-state index in [9.17, 15) is 10.1 Å². The van der Waals surface area contributed by atoms with Crippen molar-refractivity contribution in [2.24, 2.45) is 0 Å². The van der Waals surface area contributed by atoms with Crippen LogP contribution >= 0.6 is 34.8 Å². The molecule has 0 aliphatic carbocycles. The Hall–Kier alpha value is -4.47. The van der Waals surface area contributed by atoms with Crippen LogP contribution in [0.3, 0.4) is 0 Å². The van der Waals surface area contributed by atoms with Crippen molar-refractivity contribution < 1.29 is 14.3 Å². The molecule has 5 rings (SSSR count). The van der Waals surface area contributed by atoms with E-state index < -0.39 is 5.91 Å². The normalized spacial score (nSPS) is 11.1. The SMILES string of the molecule is N#C/C(=C\c1c(OCc2ccc(Cl)c(Cl)c2)ccc2ccccc12)C(=O)Nc1ccc(OCc2ccccc2Cl)cc1. The van der Waals surface area contributed by atoms with E-state index in [0.29, 0.717) is 44.4 Å². The molecule has 0 aliphatic heterocycles. The van der Waals surface area contributed by atoms with Gasteiger partial charge in [-0.05, 0) is 70.9 Å². The summed E-state index contributed by atoms with van der Waals surface area (Å²) in [4.78, 5) is 13.2. The minimum atomic E-state index is -0.550. The van der Waals surface area contributed by atoms with Crippen molar-refractivity contribution in [3.63, 3.8) is 0 Å². The maximum Gasteiger partial charge on any atom is 0.266 e. The Morgan fingerprint density at radius 1 is 0.786 bits per heavy atom. The van der Waals surface area contributed by atoms with Crippen molar-refractivity contribution in [3.8, 4) is 17.6 Å². The Kier molecular flexibility index (Phi) is 9.31. The zero-order valence-corrected chi connectivity index (χ0v) is 24.4. The molecule has 5 nitrogen and oxygen atoms in total. The first-order valence-corrected chi connectivity index (χ1v) is 14.0. The van der Waals surface area contributed by atoms with Crippen LogP contribution in [0.1, 0.15) is 16.7 Å². The van der Waals surface area contributed by atoms with Gasteiger partial charge in [0.1, 0.15) is 36.4 Å². The van der Waals surface area contributed by atoms with Crippen molar-refractivity contribution >= 4 is 63.2 Å². The summed E-state index contributed by atoms with van der Waals surface area (Å²) < 4.78 is 11.9. The van der Waals surface area contributed by atoms with E-state index in [-0.39, 0.29) is 12.2 Å². The number of benzene rings is 5. The van der Waals surface area contributed by atoms with Crippen LogP contribution in [0.2, 0.25) is 15.1 Å². The Balaban J connectivity index is 1.34. The van der Waals surface area contributed by atoms with Crippen molar-refractivity contribution in [1.29, 1.82) is 5.26 Å². The highest BCUT2D eigenvalue weighted by Gasteiger charge is 2.14. The van der Waals surface area contributed by atoms with Gasteiger partial charge in [-0.3, -0.25) is 4.79 Å². The lowest BCUT2D eigenvalue weighted by molar-refractivity contribution is -0.112. The van der Waals surface area contributed by atoms with Gasteiger partial charge in [0, 0.05) is 21.8 Å². The van der Waals surface area contributed by atoms with Gasteiger partial charge in [0.25, 0.3) is 5.91 Å². The molecule has 208 valence electrons. The summed E-state index contributed by atoms with van der Waals surface area (Å²) in [6, 6.07) is 33.1. The molecule has 0 spiro atoms. The number of rotatable bonds is 9. The number of carbonyl (C=O) groups is 1. The molecule has 0 aromatic heterocycles. The molecular weight excluding hydrogens is 591 g/mol. The van der Waals surface area contributed by atoms with Crippen molar-refractivity contribution in [2.75, 3.05) is 5.32 Å². The summed E-state index contributed by atoms with van der Waals surface area (Å²) >= 11 is 18.4. The second kappa shape index (κ2) is 13.5. The zero-order valence-electron chi connectivity index (χ0n) is 22.1. The number of hydrogen-bond donors (Lipinski definition) is 1. The lowest BCUT2D eigenvalue weighted by Crippen LogP contribution is -2.13. The monoisotopic (exact) mass is 612 g/mol. The molecule has 0 saturated heterocycles. The number of ether oxygens (including phenoxy) is 2. The Morgan fingerprint density at radius 3 is 2.31 bits per heavy atom. The molecular formula is C34H23Cl3N2O3. The quantitative estimate of drug-likeness (QED) is 0.133. The third-order valence-electron chi connectivity index (χ3n) is 6.43. The average molecular weight is 614 g/mol. The first-order valence-electron chi connectivity index (χ1n) is 12.9. The van der Waals surface area contributed by atoms with Crippen molar-refractivity contribution in [3.05, 3.63) is 140 Å². The molecule has 8 heteroatoms. The maximum atomic E-state index is 13.2. The molecule has 0 atom stereocenters. The van der Waals surface area contributed by atoms with Crippen LogP contribution in [0.4, 0.5) is 5.69 Å². The summed E-state index contributed by atoms with van der Waals surface area (Å²) in [5.74, 6) is 0.578. The summed E-state index contributed by atoms with van der Waals surface area (Å²) in [7, 11) is 0. The number of carbonyl (C=O) groups excluding carboxylic acids is 1.